The van der Waals surface area contributed by atoms with Gasteiger partial charge < -0.3 is 15.5 Å². The first-order chi connectivity index (χ1) is 6.24. The molecule has 3 N–H and O–H groups in total. The molecule has 1 atom stereocenters. The highest BCUT2D eigenvalue weighted by Gasteiger charge is 2.15. The first-order valence-electron chi connectivity index (χ1n) is 4.14. The number of imidazole rings is 1. The molecule has 0 saturated carbocycles. The van der Waals surface area contributed by atoms with Crippen LogP contribution < -0.4 is 5.73 Å². The molecule has 0 aliphatic carbocycles. The number of carbonyl (C=O) groups is 1. The molecule has 0 aliphatic heterocycles. The normalized spacial score (nSPS) is 11.6. The molecule has 1 heterocycles. The minimum absolute atomic E-state index is 0. The van der Waals surface area contributed by atoms with E-state index in [0.29, 0.717) is 13.0 Å². The summed E-state index contributed by atoms with van der Waals surface area (Å²) in [5, 5.41) is 0. The third kappa shape index (κ3) is 3.76. The summed E-state index contributed by atoms with van der Waals surface area (Å²) >= 11 is 0. The summed E-state index contributed by atoms with van der Waals surface area (Å²) in [5.41, 5.74) is 6.33. The Balaban J connectivity index is 0.00000169. The summed E-state index contributed by atoms with van der Waals surface area (Å²) in [7, 11) is 0. The Hall–Kier alpha value is -1.07. The smallest absolute Gasteiger partial charge is 0.323 e. The molecule has 0 aliphatic rings. The number of esters is 1. The van der Waals surface area contributed by atoms with Crippen molar-refractivity contribution in [2.45, 2.75) is 19.4 Å². The molecule has 0 fully saturated rings. The summed E-state index contributed by atoms with van der Waals surface area (Å²) in [6, 6.07) is -0.622. The van der Waals surface area contributed by atoms with Gasteiger partial charge in [-0.1, -0.05) is 0 Å². The maximum atomic E-state index is 11.1. The van der Waals surface area contributed by atoms with Crippen LogP contribution in [0.5, 0.6) is 0 Å². The third-order valence-corrected chi connectivity index (χ3v) is 1.57. The molecule has 1 aromatic heterocycles. The average Bonchev–Trinajstić information content (AvgIpc) is 2.57. The Morgan fingerprint density at radius 1 is 1.79 bits per heavy atom. The molecular weight excluding hydrogens is 206 g/mol. The molecule has 80 valence electrons. The molecule has 6 heteroatoms. The largest absolute Gasteiger partial charge is 0.465 e. The molecule has 0 aromatic carbocycles. The van der Waals surface area contributed by atoms with Gasteiger partial charge in [-0.3, -0.25) is 4.79 Å². The van der Waals surface area contributed by atoms with Crippen molar-refractivity contribution in [1.82, 2.24) is 9.97 Å². The fraction of sp³-hybridized carbons (Fsp3) is 0.500. The molecule has 0 radical (unpaired) electrons. The lowest BCUT2D eigenvalue weighted by Crippen LogP contribution is -2.34. The Morgan fingerprint density at radius 2 is 2.50 bits per heavy atom. The van der Waals surface area contributed by atoms with Crippen LogP contribution >= 0.6 is 12.4 Å². The molecular formula is C8H14ClN3O2. The van der Waals surface area contributed by atoms with Gasteiger partial charge in [0.1, 0.15) is 6.04 Å². The van der Waals surface area contributed by atoms with Gasteiger partial charge in [0, 0.05) is 12.6 Å². The van der Waals surface area contributed by atoms with E-state index in [9.17, 15) is 4.79 Å². The van der Waals surface area contributed by atoms with Crippen LogP contribution in [0.3, 0.4) is 0 Å². The minimum Gasteiger partial charge on any atom is -0.465 e. The fourth-order valence-electron chi connectivity index (χ4n) is 0.960. The van der Waals surface area contributed by atoms with Crippen molar-refractivity contribution >= 4 is 18.4 Å². The number of rotatable bonds is 4. The Labute approximate surface area is 88.5 Å². The van der Waals surface area contributed by atoms with Gasteiger partial charge in [-0.15, -0.1) is 12.4 Å². The first-order valence-corrected chi connectivity index (χ1v) is 4.14. The lowest BCUT2D eigenvalue weighted by molar-refractivity contribution is -0.144. The number of aromatic amines is 1. The zero-order valence-electron chi connectivity index (χ0n) is 7.90. The SMILES string of the molecule is CCOC(=O)C(N)Cc1c[nH]cn1.Cl. The lowest BCUT2D eigenvalue weighted by atomic mass is 10.2. The second-order valence-electron chi connectivity index (χ2n) is 2.62. The van der Waals surface area contributed by atoms with Gasteiger partial charge >= 0.3 is 5.97 Å². The molecule has 1 unspecified atom stereocenters. The summed E-state index contributed by atoms with van der Waals surface area (Å²) in [5.74, 6) is -0.384. The van der Waals surface area contributed by atoms with Crippen LogP contribution in [0.1, 0.15) is 12.6 Å². The van der Waals surface area contributed by atoms with E-state index in [0.717, 1.165) is 5.69 Å². The van der Waals surface area contributed by atoms with E-state index in [1.54, 1.807) is 19.4 Å². The molecule has 1 aromatic rings. The topological polar surface area (TPSA) is 81.0 Å². The first kappa shape index (κ1) is 12.9. The van der Waals surface area contributed by atoms with Crippen molar-refractivity contribution in [3.63, 3.8) is 0 Å². The monoisotopic (exact) mass is 219 g/mol. The van der Waals surface area contributed by atoms with Gasteiger partial charge in [0.25, 0.3) is 0 Å². The number of nitrogens with one attached hydrogen (secondary N) is 1. The summed E-state index contributed by atoms with van der Waals surface area (Å²) in [6.07, 6.45) is 3.66. The van der Waals surface area contributed by atoms with Gasteiger partial charge in [-0.25, -0.2) is 4.98 Å². The van der Waals surface area contributed by atoms with Gasteiger partial charge in [0.2, 0.25) is 0 Å². The number of ether oxygens (including phenoxy) is 1. The van der Waals surface area contributed by atoms with Crippen molar-refractivity contribution < 1.29 is 9.53 Å². The van der Waals surface area contributed by atoms with Crippen molar-refractivity contribution in [3.05, 3.63) is 18.2 Å². The zero-order valence-corrected chi connectivity index (χ0v) is 8.71. The number of nitrogens with two attached hydrogens (primary N) is 1. The highest BCUT2D eigenvalue weighted by Crippen LogP contribution is 1.97. The minimum atomic E-state index is -0.622. The average molecular weight is 220 g/mol. The van der Waals surface area contributed by atoms with Crippen LogP contribution in [-0.4, -0.2) is 28.6 Å². The van der Waals surface area contributed by atoms with Crippen molar-refractivity contribution in [1.29, 1.82) is 0 Å². The number of carbonyl (C=O) groups excluding carboxylic acids is 1. The predicted molar refractivity (Wildman–Crippen MR) is 54.1 cm³/mol. The molecule has 0 bridgehead atoms. The Morgan fingerprint density at radius 3 is 3.00 bits per heavy atom. The number of hydrogen-bond acceptors (Lipinski definition) is 4. The fourth-order valence-corrected chi connectivity index (χ4v) is 0.960. The zero-order chi connectivity index (χ0) is 9.68. The van der Waals surface area contributed by atoms with E-state index in [4.69, 9.17) is 10.5 Å². The van der Waals surface area contributed by atoms with E-state index in [1.165, 1.54) is 0 Å². The number of nitrogens with zero attached hydrogens (tertiary/aromatic N) is 1. The van der Waals surface area contributed by atoms with Crippen LogP contribution in [0.25, 0.3) is 0 Å². The quantitative estimate of drug-likeness (QED) is 0.712. The van der Waals surface area contributed by atoms with E-state index in [1.807, 2.05) is 0 Å². The van der Waals surface area contributed by atoms with E-state index < -0.39 is 6.04 Å². The molecule has 0 amide bonds. The molecule has 1 rings (SSSR count). The van der Waals surface area contributed by atoms with Crippen LogP contribution in [-0.2, 0) is 16.0 Å². The van der Waals surface area contributed by atoms with Crippen LogP contribution in [0.2, 0.25) is 0 Å². The van der Waals surface area contributed by atoms with Crippen molar-refractivity contribution in [3.8, 4) is 0 Å². The third-order valence-electron chi connectivity index (χ3n) is 1.57. The number of hydrogen-bond donors (Lipinski definition) is 2. The number of halogens is 1. The molecule has 0 saturated heterocycles. The maximum Gasteiger partial charge on any atom is 0.323 e. The second-order valence-corrected chi connectivity index (χ2v) is 2.62. The standard InChI is InChI=1S/C8H13N3O2.ClH/c1-2-13-8(12)7(9)3-6-4-10-5-11-6;/h4-5,7H,2-3,9H2,1H3,(H,10,11);1H. The van der Waals surface area contributed by atoms with Gasteiger partial charge in [0.15, 0.2) is 0 Å². The molecule has 0 spiro atoms. The van der Waals surface area contributed by atoms with Gasteiger partial charge in [-0.2, -0.15) is 0 Å². The lowest BCUT2D eigenvalue weighted by Gasteiger charge is -2.07. The number of H-pyrrole nitrogens is 1. The maximum absolute atomic E-state index is 11.1. The summed E-state index contributed by atoms with van der Waals surface area (Å²) in [4.78, 5) is 17.8. The Kier molecular flexibility index (Phi) is 5.91. The predicted octanol–water partition coefficient (Wildman–Crippen LogP) is 0.264. The Bertz CT molecular complexity index is 264. The van der Waals surface area contributed by atoms with Crippen molar-refractivity contribution in [2.24, 2.45) is 5.73 Å². The van der Waals surface area contributed by atoms with Crippen LogP contribution in [0, 0.1) is 0 Å². The van der Waals surface area contributed by atoms with Crippen LogP contribution in [0.15, 0.2) is 12.5 Å². The number of aromatic nitrogens is 2. The van der Waals surface area contributed by atoms with Crippen LogP contribution in [0.4, 0.5) is 0 Å². The van der Waals surface area contributed by atoms with E-state index in [2.05, 4.69) is 9.97 Å². The van der Waals surface area contributed by atoms with Gasteiger partial charge in [-0.05, 0) is 6.92 Å². The molecule has 5 nitrogen and oxygen atoms in total. The van der Waals surface area contributed by atoms with E-state index >= 15 is 0 Å². The highest BCUT2D eigenvalue weighted by atomic mass is 35.5. The van der Waals surface area contributed by atoms with Gasteiger partial charge in [0.05, 0.1) is 18.6 Å². The molecule has 14 heavy (non-hydrogen) atoms. The van der Waals surface area contributed by atoms with E-state index in [-0.39, 0.29) is 18.4 Å². The van der Waals surface area contributed by atoms with Crippen molar-refractivity contribution in [2.75, 3.05) is 6.61 Å². The summed E-state index contributed by atoms with van der Waals surface area (Å²) < 4.78 is 4.75. The summed E-state index contributed by atoms with van der Waals surface area (Å²) in [6.45, 7) is 2.10. The highest BCUT2D eigenvalue weighted by molar-refractivity contribution is 5.85. The second kappa shape index (κ2) is 6.39.